The molecule has 2 rings (SSSR count). The third-order valence-corrected chi connectivity index (χ3v) is 3.62. The predicted molar refractivity (Wildman–Crippen MR) is 99.0 cm³/mol. The summed E-state index contributed by atoms with van der Waals surface area (Å²) in [4.78, 5) is 23.5. The van der Waals surface area contributed by atoms with E-state index >= 15 is 0 Å². The number of nitrogens with one attached hydrogen (secondary N) is 1. The van der Waals surface area contributed by atoms with Crippen LogP contribution in [0.3, 0.4) is 0 Å². The average molecular weight is 391 g/mol. The van der Waals surface area contributed by atoms with Gasteiger partial charge in [-0.1, -0.05) is 12.1 Å². The normalized spacial score (nSPS) is 10.8. The van der Waals surface area contributed by atoms with Gasteiger partial charge in [0.2, 0.25) is 0 Å². The fourth-order valence-electron chi connectivity index (χ4n) is 2.19. The molecule has 0 unspecified atom stereocenters. The van der Waals surface area contributed by atoms with Crippen molar-refractivity contribution in [1.82, 2.24) is 5.32 Å². The van der Waals surface area contributed by atoms with Crippen molar-refractivity contribution in [1.29, 1.82) is 0 Å². The maximum atomic E-state index is 12.2. The lowest BCUT2D eigenvalue weighted by Crippen LogP contribution is -2.24. The van der Waals surface area contributed by atoms with Crippen LogP contribution in [-0.4, -0.2) is 39.1 Å². The molecule has 0 heterocycles. The second-order valence-corrected chi connectivity index (χ2v) is 5.47. The molecule has 0 saturated heterocycles. The lowest BCUT2D eigenvalue weighted by Gasteiger charge is -2.10. The first-order valence-corrected chi connectivity index (χ1v) is 8.21. The lowest BCUT2D eigenvalue weighted by atomic mass is 10.1. The van der Waals surface area contributed by atoms with E-state index in [0.29, 0.717) is 22.6 Å². The van der Waals surface area contributed by atoms with E-state index in [-0.39, 0.29) is 24.0 Å². The van der Waals surface area contributed by atoms with Crippen molar-refractivity contribution < 1.29 is 32.6 Å². The van der Waals surface area contributed by atoms with Gasteiger partial charge in [-0.05, 0) is 48.0 Å². The molecule has 0 bridgehead atoms. The van der Waals surface area contributed by atoms with Crippen LogP contribution in [-0.2, 0) is 4.79 Å². The molecule has 1 amide bonds. The van der Waals surface area contributed by atoms with Crippen molar-refractivity contribution in [2.24, 2.45) is 0 Å². The Labute approximate surface area is 160 Å². The first-order valence-electron chi connectivity index (χ1n) is 8.21. The molecule has 0 aliphatic heterocycles. The lowest BCUT2D eigenvalue weighted by molar-refractivity contribution is -0.122. The van der Waals surface area contributed by atoms with Crippen molar-refractivity contribution in [3.05, 3.63) is 59.7 Å². The molecule has 2 aromatic rings. The molecule has 6 nitrogen and oxygen atoms in total. The number of allylic oxidation sites excluding steroid dienone is 1. The van der Waals surface area contributed by atoms with Crippen LogP contribution in [0.1, 0.15) is 15.9 Å². The van der Waals surface area contributed by atoms with Gasteiger partial charge in [-0.2, -0.15) is 8.78 Å². The van der Waals surface area contributed by atoms with E-state index in [1.54, 1.807) is 24.3 Å². The highest BCUT2D eigenvalue weighted by atomic mass is 19.3. The second-order valence-electron chi connectivity index (χ2n) is 5.47. The van der Waals surface area contributed by atoms with Gasteiger partial charge in [0.05, 0.1) is 7.11 Å². The van der Waals surface area contributed by atoms with Crippen molar-refractivity contribution in [3.8, 4) is 17.2 Å². The number of methoxy groups -OCH3 is 1. The molecular formula is C20H19F2NO5. The standard InChI is InChI=1S/C20H19F2NO5/c1-23-19(25)12-27-17-10-4-13(11-18(17)26-2)3-9-16(24)14-5-7-15(8-6-14)28-20(21)22/h3-11,20H,12H2,1-2H3,(H,23,25)/b9-3+. The first kappa shape index (κ1) is 20.9. The third-order valence-electron chi connectivity index (χ3n) is 3.62. The molecule has 0 aliphatic carbocycles. The minimum atomic E-state index is -2.92. The van der Waals surface area contributed by atoms with Crippen LogP contribution >= 0.6 is 0 Å². The molecule has 0 radical (unpaired) electrons. The molecule has 1 N–H and O–H groups in total. The summed E-state index contributed by atoms with van der Waals surface area (Å²) >= 11 is 0. The summed E-state index contributed by atoms with van der Waals surface area (Å²) in [5, 5.41) is 2.45. The Kier molecular flexibility index (Phi) is 7.50. The van der Waals surface area contributed by atoms with Crippen molar-refractivity contribution in [3.63, 3.8) is 0 Å². The maximum absolute atomic E-state index is 12.2. The molecular weight excluding hydrogens is 372 g/mol. The molecule has 0 aliphatic rings. The minimum absolute atomic E-state index is 0.0207. The van der Waals surface area contributed by atoms with Crippen molar-refractivity contribution >= 4 is 17.8 Å². The van der Waals surface area contributed by atoms with Crippen LogP contribution in [0, 0.1) is 0 Å². The Bertz CT molecular complexity index is 850. The van der Waals surface area contributed by atoms with E-state index in [9.17, 15) is 18.4 Å². The molecule has 0 fully saturated rings. The highest BCUT2D eigenvalue weighted by molar-refractivity contribution is 6.06. The minimum Gasteiger partial charge on any atom is -0.493 e. The topological polar surface area (TPSA) is 73.9 Å². The van der Waals surface area contributed by atoms with Crippen molar-refractivity contribution in [2.45, 2.75) is 6.61 Å². The number of rotatable bonds is 9. The highest BCUT2D eigenvalue weighted by Gasteiger charge is 2.08. The Hall–Kier alpha value is -3.42. The number of amides is 1. The van der Waals surface area contributed by atoms with Crippen LogP contribution in [0.4, 0.5) is 8.78 Å². The number of carbonyl (C=O) groups excluding carboxylic acids is 2. The maximum Gasteiger partial charge on any atom is 0.387 e. The average Bonchev–Trinajstić information content (AvgIpc) is 2.70. The van der Waals surface area contributed by atoms with Gasteiger partial charge < -0.3 is 19.5 Å². The largest absolute Gasteiger partial charge is 0.493 e. The van der Waals surface area contributed by atoms with E-state index < -0.39 is 6.61 Å². The number of likely N-dealkylation sites (N-methyl/N-ethyl adjacent to an activating group) is 1. The van der Waals surface area contributed by atoms with Gasteiger partial charge in [-0.25, -0.2) is 0 Å². The number of ketones is 1. The van der Waals surface area contributed by atoms with E-state index in [2.05, 4.69) is 10.1 Å². The third kappa shape index (κ3) is 6.08. The summed E-state index contributed by atoms with van der Waals surface area (Å²) in [6, 6.07) is 10.4. The quantitative estimate of drug-likeness (QED) is 0.524. The van der Waals surface area contributed by atoms with Crippen LogP contribution in [0.15, 0.2) is 48.5 Å². The number of carbonyl (C=O) groups is 2. The highest BCUT2D eigenvalue weighted by Crippen LogP contribution is 2.28. The zero-order chi connectivity index (χ0) is 20.5. The second kappa shape index (κ2) is 10.1. The Morgan fingerprint density at radius 3 is 2.43 bits per heavy atom. The number of halogens is 2. The van der Waals surface area contributed by atoms with Crippen LogP contribution in [0.25, 0.3) is 6.08 Å². The fraction of sp³-hybridized carbons (Fsp3) is 0.200. The van der Waals surface area contributed by atoms with Gasteiger partial charge in [-0.15, -0.1) is 0 Å². The van der Waals surface area contributed by atoms with E-state index in [1.807, 2.05) is 0 Å². The Balaban J connectivity index is 2.06. The number of benzene rings is 2. The van der Waals surface area contributed by atoms with E-state index in [4.69, 9.17) is 9.47 Å². The SMILES string of the molecule is CNC(=O)COc1ccc(/C=C/C(=O)c2ccc(OC(F)F)cc2)cc1OC. The summed E-state index contributed by atoms with van der Waals surface area (Å²) in [6.45, 7) is -3.06. The smallest absolute Gasteiger partial charge is 0.387 e. The number of hydrogen-bond donors (Lipinski definition) is 1. The zero-order valence-electron chi connectivity index (χ0n) is 15.3. The fourth-order valence-corrected chi connectivity index (χ4v) is 2.19. The molecule has 0 saturated carbocycles. The van der Waals surface area contributed by atoms with Gasteiger partial charge in [0.1, 0.15) is 5.75 Å². The van der Waals surface area contributed by atoms with Crippen LogP contribution in [0.2, 0.25) is 0 Å². The molecule has 28 heavy (non-hydrogen) atoms. The number of alkyl halides is 2. The van der Waals surface area contributed by atoms with Gasteiger partial charge in [0, 0.05) is 12.6 Å². The van der Waals surface area contributed by atoms with Crippen LogP contribution < -0.4 is 19.5 Å². The predicted octanol–water partition coefficient (Wildman–Crippen LogP) is 3.32. The monoisotopic (exact) mass is 391 g/mol. The summed E-state index contributed by atoms with van der Waals surface area (Å²) in [7, 11) is 2.97. The molecule has 148 valence electrons. The van der Waals surface area contributed by atoms with Crippen LogP contribution in [0.5, 0.6) is 17.2 Å². The van der Waals surface area contributed by atoms with Gasteiger partial charge in [0.25, 0.3) is 5.91 Å². The van der Waals surface area contributed by atoms with Crippen molar-refractivity contribution in [2.75, 3.05) is 20.8 Å². The van der Waals surface area contributed by atoms with Gasteiger partial charge >= 0.3 is 6.61 Å². The molecule has 8 heteroatoms. The summed E-state index contributed by atoms with van der Waals surface area (Å²) in [6.07, 6.45) is 2.93. The number of hydrogen-bond acceptors (Lipinski definition) is 5. The number of ether oxygens (including phenoxy) is 3. The van der Waals surface area contributed by atoms with E-state index in [1.165, 1.54) is 44.5 Å². The molecule has 0 spiro atoms. The summed E-state index contributed by atoms with van der Waals surface area (Å²) in [5.74, 6) is 0.202. The Morgan fingerprint density at radius 1 is 1.11 bits per heavy atom. The van der Waals surface area contributed by atoms with E-state index in [0.717, 1.165) is 0 Å². The van der Waals surface area contributed by atoms with Gasteiger partial charge in [-0.3, -0.25) is 9.59 Å². The van der Waals surface area contributed by atoms with Gasteiger partial charge in [0.15, 0.2) is 23.9 Å². The summed E-state index contributed by atoms with van der Waals surface area (Å²) in [5.41, 5.74) is 1.01. The Morgan fingerprint density at radius 2 is 1.82 bits per heavy atom. The first-order chi connectivity index (χ1) is 13.4. The molecule has 2 aromatic carbocycles. The summed E-state index contributed by atoms with van der Waals surface area (Å²) < 4.78 is 39.1. The zero-order valence-corrected chi connectivity index (χ0v) is 15.3. The molecule has 0 atom stereocenters. The molecule has 0 aromatic heterocycles.